The Balaban J connectivity index is 1.88. The predicted molar refractivity (Wildman–Crippen MR) is 149 cm³/mol. The van der Waals surface area contributed by atoms with E-state index in [1.807, 2.05) is 16.7 Å². The molecule has 3 heterocycles. The summed E-state index contributed by atoms with van der Waals surface area (Å²) in [6.45, 7) is 6.40. The van der Waals surface area contributed by atoms with E-state index in [1.54, 1.807) is 46.6 Å². The summed E-state index contributed by atoms with van der Waals surface area (Å²) in [4.78, 5) is 31.1. The maximum atomic E-state index is 13.9. The molecule has 4 aromatic rings. The van der Waals surface area contributed by atoms with Crippen LogP contribution in [0, 0.1) is 5.41 Å². The Morgan fingerprint density at radius 3 is 2.27 bits per heavy atom. The number of carbonyl (C=O) groups is 1. The molecule has 0 saturated carbocycles. The van der Waals surface area contributed by atoms with Crippen LogP contribution in [0.25, 0.3) is 17.0 Å². The molecule has 0 amide bonds. The van der Waals surface area contributed by atoms with Crippen LogP contribution in [0.15, 0.2) is 41.3 Å². The summed E-state index contributed by atoms with van der Waals surface area (Å²) in [5.41, 5.74) is 2.93. The Kier molecular flexibility index (Phi) is 6.73. The highest BCUT2D eigenvalue weighted by Gasteiger charge is 2.39. The van der Waals surface area contributed by atoms with Gasteiger partial charge in [0, 0.05) is 17.7 Å². The van der Waals surface area contributed by atoms with Crippen LogP contribution >= 0.6 is 0 Å². The molecule has 1 N–H and O–H groups in total. The zero-order valence-corrected chi connectivity index (χ0v) is 23.7. The number of imidazole rings is 1. The van der Waals surface area contributed by atoms with Gasteiger partial charge < -0.3 is 28.6 Å². The lowest BCUT2D eigenvalue weighted by Gasteiger charge is -2.36. The quantitative estimate of drug-likeness (QED) is 0.356. The van der Waals surface area contributed by atoms with Gasteiger partial charge in [-0.25, -0.2) is 9.78 Å². The number of hydrogen-bond acceptors (Lipinski definition) is 7. The molecule has 0 aliphatic heterocycles. The normalized spacial score (nSPS) is 14.4. The zero-order chi connectivity index (χ0) is 28.9. The van der Waals surface area contributed by atoms with Crippen LogP contribution in [0.2, 0.25) is 0 Å². The first-order valence-corrected chi connectivity index (χ1v) is 12.9. The van der Waals surface area contributed by atoms with Gasteiger partial charge in [0.2, 0.25) is 0 Å². The summed E-state index contributed by atoms with van der Waals surface area (Å²) in [5.74, 6) is 0.855. The van der Waals surface area contributed by atoms with Crippen molar-refractivity contribution in [1.82, 2.24) is 14.0 Å². The molecule has 3 aromatic heterocycles. The van der Waals surface area contributed by atoms with Gasteiger partial charge in [-0.1, -0.05) is 20.8 Å². The van der Waals surface area contributed by atoms with E-state index < -0.39 is 11.5 Å². The Morgan fingerprint density at radius 1 is 1.00 bits per heavy atom. The Morgan fingerprint density at radius 2 is 1.68 bits per heavy atom. The molecular formula is C30H33N3O7. The Bertz CT molecular complexity index is 1690. The topological polar surface area (TPSA) is 114 Å². The number of methoxy groups -OCH3 is 4. The van der Waals surface area contributed by atoms with Gasteiger partial charge in [-0.15, -0.1) is 0 Å². The van der Waals surface area contributed by atoms with E-state index in [0.717, 1.165) is 11.3 Å². The van der Waals surface area contributed by atoms with Crippen LogP contribution in [0.4, 0.5) is 0 Å². The molecule has 1 atom stereocenters. The molecule has 10 heteroatoms. The van der Waals surface area contributed by atoms with Crippen LogP contribution in [0.1, 0.15) is 53.9 Å². The van der Waals surface area contributed by atoms with E-state index >= 15 is 0 Å². The monoisotopic (exact) mass is 547 g/mol. The first-order valence-electron chi connectivity index (χ1n) is 12.9. The molecule has 1 aliphatic carbocycles. The summed E-state index contributed by atoms with van der Waals surface area (Å²) in [6, 6.07) is 8.62. The van der Waals surface area contributed by atoms with Crippen LogP contribution in [-0.4, -0.2) is 53.5 Å². The number of rotatable bonds is 7. The highest BCUT2D eigenvalue weighted by atomic mass is 16.5. The number of aromatic nitrogens is 3. The second-order valence-electron chi connectivity index (χ2n) is 10.9. The van der Waals surface area contributed by atoms with Crippen LogP contribution < -0.4 is 24.5 Å². The fourth-order valence-electron chi connectivity index (χ4n) is 5.54. The second-order valence-corrected chi connectivity index (χ2v) is 10.9. The molecule has 0 bridgehead atoms. The fourth-order valence-corrected chi connectivity index (χ4v) is 5.54. The molecule has 1 aromatic carbocycles. The first-order chi connectivity index (χ1) is 19.0. The van der Waals surface area contributed by atoms with Gasteiger partial charge in [0.25, 0.3) is 5.56 Å². The Labute approximate surface area is 231 Å². The van der Waals surface area contributed by atoms with E-state index in [0.29, 0.717) is 52.0 Å². The minimum Gasteiger partial charge on any atom is -0.497 e. The van der Waals surface area contributed by atoms with Gasteiger partial charge in [0.05, 0.1) is 52.6 Å². The number of fused-ring (bicyclic) bond motifs is 5. The van der Waals surface area contributed by atoms with Crippen LogP contribution in [0.5, 0.6) is 23.0 Å². The Hall–Kier alpha value is -4.47. The van der Waals surface area contributed by atoms with Gasteiger partial charge in [-0.2, -0.15) is 0 Å². The summed E-state index contributed by atoms with van der Waals surface area (Å²) in [5, 5.41) is 10.0. The largest absolute Gasteiger partial charge is 0.497 e. The van der Waals surface area contributed by atoms with Crippen molar-refractivity contribution in [3.8, 4) is 34.4 Å². The third-order valence-corrected chi connectivity index (χ3v) is 7.63. The molecule has 0 spiro atoms. The third kappa shape index (κ3) is 4.33. The molecule has 210 valence electrons. The van der Waals surface area contributed by atoms with E-state index in [2.05, 4.69) is 20.8 Å². The van der Waals surface area contributed by atoms with Crippen molar-refractivity contribution in [2.24, 2.45) is 5.41 Å². The lowest BCUT2D eigenvalue weighted by molar-refractivity contribution is 0.0694. The predicted octanol–water partition coefficient (Wildman–Crippen LogP) is 4.63. The second kappa shape index (κ2) is 9.93. The number of carboxylic acid groups (broad SMARTS) is 1. The van der Waals surface area contributed by atoms with Gasteiger partial charge >= 0.3 is 5.97 Å². The van der Waals surface area contributed by atoms with Crippen molar-refractivity contribution in [2.75, 3.05) is 28.4 Å². The summed E-state index contributed by atoms with van der Waals surface area (Å²) < 4.78 is 25.6. The molecule has 40 heavy (non-hydrogen) atoms. The van der Waals surface area contributed by atoms with Crippen molar-refractivity contribution in [2.45, 2.75) is 39.7 Å². The molecule has 1 aliphatic rings. The van der Waals surface area contributed by atoms with Gasteiger partial charge in [0.1, 0.15) is 28.5 Å². The number of carboxylic acids is 1. The van der Waals surface area contributed by atoms with E-state index in [4.69, 9.17) is 23.9 Å². The highest BCUT2D eigenvalue weighted by Crippen LogP contribution is 2.48. The molecule has 0 radical (unpaired) electrons. The number of pyridine rings is 2. The fraction of sp³-hybridized carbons (Fsp3) is 0.367. The van der Waals surface area contributed by atoms with Gasteiger partial charge in [-0.3, -0.25) is 9.20 Å². The van der Waals surface area contributed by atoms with Crippen LogP contribution in [0.3, 0.4) is 0 Å². The van der Waals surface area contributed by atoms with Crippen molar-refractivity contribution < 1.29 is 28.8 Å². The lowest BCUT2D eigenvalue weighted by atomic mass is 9.70. The van der Waals surface area contributed by atoms with Crippen LogP contribution in [-0.2, 0) is 13.0 Å². The number of benzene rings is 1. The van der Waals surface area contributed by atoms with E-state index in [9.17, 15) is 14.7 Å². The smallest absolute Gasteiger partial charge is 0.341 e. The summed E-state index contributed by atoms with van der Waals surface area (Å²) in [6.07, 6.45) is 2.43. The lowest BCUT2D eigenvalue weighted by Crippen LogP contribution is -2.34. The molecule has 5 rings (SSSR count). The van der Waals surface area contributed by atoms with E-state index in [-0.39, 0.29) is 23.4 Å². The average Bonchev–Trinajstić information content (AvgIpc) is 3.30. The number of nitrogens with zero attached hydrogens (tertiary/aromatic N) is 3. The minimum absolute atomic E-state index is 0.0695. The number of ether oxygens (including phenoxy) is 4. The highest BCUT2D eigenvalue weighted by molar-refractivity contribution is 5.88. The SMILES string of the molecule is COc1ccc(Cn2c3c(cc(C(=O)O)c2=O)C(C(C)(C)C)Cc2c-3nc3c(OC)cc(OC)cn23)c(OC)c1. The van der Waals surface area contributed by atoms with Crippen molar-refractivity contribution in [3.05, 3.63) is 69.3 Å². The van der Waals surface area contributed by atoms with Crippen molar-refractivity contribution >= 4 is 11.6 Å². The van der Waals surface area contributed by atoms with E-state index in [1.165, 1.54) is 10.6 Å². The third-order valence-electron chi connectivity index (χ3n) is 7.63. The maximum absolute atomic E-state index is 13.9. The first kappa shape index (κ1) is 27.1. The summed E-state index contributed by atoms with van der Waals surface area (Å²) in [7, 11) is 6.26. The standard InChI is InChI=1S/C30H33N3O7/c1-30(2,3)21-13-22-25(31-27-24(40-7)11-18(38-5)15-32(22)27)26-19(21)12-20(29(35)36)28(34)33(26)14-16-8-9-17(37-4)10-23(16)39-6/h8-12,15,21H,13-14H2,1-7H3,(H,35,36). The average molecular weight is 548 g/mol. The summed E-state index contributed by atoms with van der Waals surface area (Å²) >= 11 is 0. The van der Waals surface area contributed by atoms with Gasteiger partial charge in [0.15, 0.2) is 11.4 Å². The van der Waals surface area contributed by atoms with Gasteiger partial charge in [-0.05, 0) is 41.5 Å². The zero-order valence-electron chi connectivity index (χ0n) is 23.7. The number of aromatic carboxylic acids is 1. The molecular weight excluding hydrogens is 514 g/mol. The maximum Gasteiger partial charge on any atom is 0.341 e. The molecule has 0 saturated heterocycles. The number of hydrogen-bond donors (Lipinski definition) is 1. The molecule has 1 unspecified atom stereocenters. The van der Waals surface area contributed by atoms with Crippen molar-refractivity contribution in [1.29, 1.82) is 0 Å². The van der Waals surface area contributed by atoms with Crippen molar-refractivity contribution in [3.63, 3.8) is 0 Å². The molecule has 0 fully saturated rings. The molecule has 10 nitrogen and oxygen atoms in total. The minimum atomic E-state index is -1.27.